The molecule has 0 aliphatic rings. The van der Waals surface area contributed by atoms with Gasteiger partial charge in [0.2, 0.25) is 17.7 Å². The van der Waals surface area contributed by atoms with Crippen molar-refractivity contribution >= 4 is 24.0 Å². The number of aldehydes is 1. The van der Waals surface area contributed by atoms with E-state index in [1.54, 1.807) is 6.92 Å². The van der Waals surface area contributed by atoms with Crippen LogP contribution in [0.5, 0.6) is 0 Å². The van der Waals surface area contributed by atoms with Gasteiger partial charge in [-0.15, -0.1) is 0 Å². The van der Waals surface area contributed by atoms with Crippen LogP contribution >= 0.6 is 0 Å². The molecule has 8 heteroatoms. The summed E-state index contributed by atoms with van der Waals surface area (Å²) in [7, 11) is 0. The molecule has 0 aromatic heterocycles. The zero-order chi connectivity index (χ0) is 20.1. The smallest absolute Gasteiger partial charge is 0.242 e. The fourth-order valence-electron chi connectivity index (χ4n) is 2.41. The zero-order valence-electron chi connectivity index (χ0n) is 16.3. The first kappa shape index (κ1) is 24.0. The van der Waals surface area contributed by atoms with Crippen LogP contribution in [0.1, 0.15) is 59.8 Å². The maximum absolute atomic E-state index is 12.4. The fraction of sp³-hybridized carbons (Fsp3) is 0.778. The molecule has 150 valence electrons. The van der Waals surface area contributed by atoms with Crippen LogP contribution in [0, 0.1) is 5.92 Å². The Morgan fingerprint density at radius 1 is 1.08 bits per heavy atom. The van der Waals surface area contributed by atoms with Crippen LogP contribution in [-0.4, -0.2) is 48.7 Å². The standard InChI is InChI=1S/C18H34N4O4/c1-5-6-9-20-15(7-8-16(19)24)18(26)21-13(4)17(25)22-14(11-23)10-12(2)3/h11-15,20H,5-10H2,1-4H3,(H2,19,24)(H,21,26)(H,22,25)/t13-,14-,15-/m0/s1. The lowest BCUT2D eigenvalue weighted by molar-refractivity contribution is -0.130. The summed E-state index contributed by atoms with van der Waals surface area (Å²) in [5.41, 5.74) is 5.16. The molecule has 0 aromatic carbocycles. The Morgan fingerprint density at radius 3 is 2.23 bits per heavy atom. The van der Waals surface area contributed by atoms with Gasteiger partial charge in [0.25, 0.3) is 0 Å². The van der Waals surface area contributed by atoms with E-state index < -0.39 is 29.9 Å². The van der Waals surface area contributed by atoms with E-state index in [4.69, 9.17) is 5.73 Å². The normalized spacial score (nSPS) is 14.3. The largest absolute Gasteiger partial charge is 0.370 e. The monoisotopic (exact) mass is 370 g/mol. The van der Waals surface area contributed by atoms with Crippen molar-refractivity contribution in [3.05, 3.63) is 0 Å². The highest BCUT2D eigenvalue weighted by atomic mass is 16.2. The number of carbonyl (C=O) groups is 4. The third-order valence-electron chi connectivity index (χ3n) is 3.89. The predicted molar refractivity (Wildman–Crippen MR) is 100 cm³/mol. The number of unbranched alkanes of at least 4 members (excludes halogenated alkanes) is 1. The second-order valence-corrected chi connectivity index (χ2v) is 6.98. The maximum atomic E-state index is 12.4. The van der Waals surface area contributed by atoms with Crippen molar-refractivity contribution < 1.29 is 19.2 Å². The van der Waals surface area contributed by atoms with Crippen molar-refractivity contribution in [1.82, 2.24) is 16.0 Å². The molecule has 0 rings (SSSR count). The molecule has 0 radical (unpaired) electrons. The van der Waals surface area contributed by atoms with Crippen LogP contribution < -0.4 is 21.7 Å². The molecule has 5 N–H and O–H groups in total. The molecule has 3 atom stereocenters. The van der Waals surface area contributed by atoms with Crippen LogP contribution in [0.3, 0.4) is 0 Å². The van der Waals surface area contributed by atoms with Gasteiger partial charge in [0.15, 0.2) is 0 Å². The molecular formula is C18H34N4O4. The molecule has 0 bridgehead atoms. The molecule has 0 aliphatic carbocycles. The number of carbonyl (C=O) groups excluding carboxylic acids is 4. The summed E-state index contributed by atoms with van der Waals surface area (Å²) in [6.07, 6.45) is 3.46. The average Bonchev–Trinajstić information content (AvgIpc) is 2.56. The highest BCUT2D eigenvalue weighted by molar-refractivity contribution is 5.90. The number of nitrogens with two attached hydrogens (primary N) is 1. The lowest BCUT2D eigenvalue weighted by atomic mass is 10.0. The highest BCUT2D eigenvalue weighted by Gasteiger charge is 2.24. The number of hydrogen-bond donors (Lipinski definition) is 4. The van der Waals surface area contributed by atoms with Crippen molar-refractivity contribution in [2.45, 2.75) is 77.9 Å². The lowest BCUT2D eigenvalue weighted by Gasteiger charge is -2.22. The van der Waals surface area contributed by atoms with Gasteiger partial charge in [-0.25, -0.2) is 0 Å². The van der Waals surface area contributed by atoms with E-state index in [1.165, 1.54) is 0 Å². The molecule has 0 aliphatic heterocycles. The quantitative estimate of drug-likeness (QED) is 0.257. The first-order valence-corrected chi connectivity index (χ1v) is 9.28. The van der Waals surface area contributed by atoms with Crippen LogP contribution in [0.4, 0.5) is 0 Å². The van der Waals surface area contributed by atoms with E-state index in [0.29, 0.717) is 19.3 Å². The highest BCUT2D eigenvalue weighted by Crippen LogP contribution is 2.04. The molecule has 0 fully saturated rings. The lowest BCUT2D eigenvalue weighted by Crippen LogP contribution is -2.53. The summed E-state index contributed by atoms with van der Waals surface area (Å²) < 4.78 is 0. The van der Waals surface area contributed by atoms with Gasteiger partial charge >= 0.3 is 0 Å². The Hall–Kier alpha value is -1.96. The average molecular weight is 370 g/mol. The minimum absolute atomic E-state index is 0.0827. The molecule has 3 amide bonds. The number of hydrogen-bond acceptors (Lipinski definition) is 5. The fourth-order valence-corrected chi connectivity index (χ4v) is 2.41. The van der Waals surface area contributed by atoms with Gasteiger partial charge in [0, 0.05) is 6.42 Å². The van der Waals surface area contributed by atoms with Crippen molar-refractivity contribution in [3.8, 4) is 0 Å². The summed E-state index contributed by atoms with van der Waals surface area (Å²) in [6, 6.07) is -1.96. The Kier molecular flexibility index (Phi) is 12.3. The van der Waals surface area contributed by atoms with E-state index in [2.05, 4.69) is 16.0 Å². The van der Waals surface area contributed by atoms with Gasteiger partial charge in [0.05, 0.1) is 12.1 Å². The second-order valence-electron chi connectivity index (χ2n) is 6.98. The number of primary amides is 1. The van der Waals surface area contributed by atoms with Gasteiger partial charge in [-0.3, -0.25) is 14.4 Å². The molecule has 0 spiro atoms. The van der Waals surface area contributed by atoms with Gasteiger partial charge in [-0.2, -0.15) is 0 Å². The Balaban J connectivity index is 4.68. The minimum Gasteiger partial charge on any atom is -0.370 e. The van der Waals surface area contributed by atoms with E-state index in [-0.39, 0.29) is 24.7 Å². The summed E-state index contributed by atoms with van der Waals surface area (Å²) >= 11 is 0. The van der Waals surface area contributed by atoms with E-state index in [9.17, 15) is 19.2 Å². The molecule has 0 heterocycles. The molecule has 8 nitrogen and oxygen atoms in total. The third kappa shape index (κ3) is 10.8. The maximum Gasteiger partial charge on any atom is 0.242 e. The van der Waals surface area contributed by atoms with Gasteiger partial charge in [-0.05, 0) is 38.6 Å². The van der Waals surface area contributed by atoms with Crippen LogP contribution in [-0.2, 0) is 19.2 Å². The summed E-state index contributed by atoms with van der Waals surface area (Å²) in [5, 5.41) is 8.35. The number of rotatable bonds is 14. The number of nitrogens with one attached hydrogen (secondary N) is 3. The molecule has 26 heavy (non-hydrogen) atoms. The first-order valence-electron chi connectivity index (χ1n) is 9.28. The third-order valence-corrected chi connectivity index (χ3v) is 3.89. The summed E-state index contributed by atoms with van der Waals surface area (Å²) in [6.45, 7) is 8.14. The van der Waals surface area contributed by atoms with Crippen molar-refractivity contribution in [3.63, 3.8) is 0 Å². The number of amides is 3. The SMILES string of the molecule is CCCCN[C@@H](CCC(N)=O)C(=O)N[C@@H](C)C(=O)N[C@H](C=O)CC(C)C. The molecule has 0 saturated heterocycles. The van der Waals surface area contributed by atoms with E-state index in [1.807, 2.05) is 20.8 Å². The van der Waals surface area contributed by atoms with Gasteiger partial charge < -0.3 is 26.5 Å². The van der Waals surface area contributed by atoms with Crippen LogP contribution in [0.25, 0.3) is 0 Å². The Morgan fingerprint density at radius 2 is 1.73 bits per heavy atom. The van der Waals surface area contributed by atoms with Crippen molar-refractivity contribution in [2.75, 3.05) is 6.54 Å². The summed E-state index contributed by atoms with van der Waals surface area (Å²) in [5.74, 6) is -1.00. The second kappa shape index (κ2) is 13.3. The topological polar surface area (TPSA) is 130 Å². The molecule has 0 aromatic rings. The summed E-state index contributed by atoms with van der Waals surface area (Å²) in [4.78, 5) is 46.7. The van der Waals surface area contributed by atoms with E-state index >= 15 is 0 Å². The van der Waals surface area contributed by atoms with Crippen molar-refractivity contribution in [2.24, 2.45) is 11.7 Å². The van der Waals surface area contributed by atoms with Gasteiger partial charge in [0.1, 0.15) is 12.3 Å². The van der Waals surface area contributed by atoms with Crippen LogP contribution in [0.15, 0.2) is 0 Å². The minimum atomic E-state index is -0.791. The molecule has 0 unspecified atom stereocenters. The zero-order valence-corrected chi connectivity index (χ0v) is 16.3. The predicted octanol–water partition coefficient (Wildman–Crippen LogP) is 0.245. The Bertz CT molecular complexity index is 468. The van der Waals surface area contributed by atoms with E-state index in [0.717, 1.165) is 12.8 Å². The first-order chi connectivity index (χ1) is 12.2. The van der Waals surface area contributed by atoms with Crippen LogP contribution in [0.2, 0.25) is 0 Å². The molecule has 0 saturated carbocycles. The Labute approximate surface area is 156 Å². The van der Waals surface area contributed by atoms with Gasteiger partial charge in [-0.1, -0.05) is 27.2 Å². The molecular weight excluding hydrogens is 336 g/mol. The van der Waals surface area contributed by atoms with Crippen molar-refractivity contribution in [1.29, 1.82) is 0 Å².